The lowest BCUT2D eigenvalue weighted by Gasteiger charge is -2.43. The lowest BCUT2D eigenvalue weighted by molar-refractivity contribution is -0.125. The predicted molar refractivity (Wildman–Crippen MR) is 73.2 cm³/mol. The van der Waals surface area contributed by atoms with Crippen LogP contribution in [-0.2, 0) is 15.1 Å². The van der Waals surface area contributed by atoms with E-state index >= 15 is 0 Å². The van der Waals surface area contributed by atoms with Crippen LogP contribution >= 0.6 is 0 Å². The standard InChI is InChI=1S/C15H21NO3/c1-18-11-8-14(17)16-15(9-3-10-15)12-4-6-13(19-2)7-5-12/h4-7H,3,8-11H2,1-2H3,(H,16,17). The summed E-state index contributed by atoms with van der Waals surface area (Å²) in [5.41, 5.74) is 0.974. The van der Waals surface area contributed by atoms with Crippen molar-refractivity contribution in [2.24, 2.45) is 0 Å². The van der Waals surface area contributed by atoms with Crippen molar-refractivity contribution in [2.45, 2.75) is 31.2 Å². The number of rotatable bonds is 6. The molecule has 0 unspecified atom stereocenters. The Labute approximate surface area is 114 Å². The van der Waals surface area contributed by atoms with Crippen molar-refractivity contribution in [3.05, 3.63) is 29.8 Å². The number of carbonyl (C=O) groups excluding carboxylic acids is 1. The molecule has 0 atom stereocenters. The molecular weight excluding hydrogens is 242 g/mol. The van der Waals surface area contributed by atoms with Crippen LogP contribution < -0.4 is 10.1 Å². The van der Waals surface area contributed by atoms with Gasteiger partial charge in [-0.2, -0.15) is 0 Å². The summed E-state index contributed by atoms with van der Waals surface area (Å²) < 4.78 is 10.1. The van der Waals surface area contributed by atoms with Crippen LogP contribution in [-0.4, -0.2) is 26.7 Å². The minimum absolute atomic E-state index is 0.0531. The number of ether oxygens (including phenoxy) is 2. The summed E-state index contributed by atoms with van der Waals surface area (Å²) in [5.74, 6) is 0.890. The van der Waals surface area contributed by atoms with E-state index in [0.29, 0.717) is 13.0 Å². The maximum absolute atomic E-state index is 11.9. The van der Waals surface area contributed by atoms with Gasteiger partial charge in [0, 0.05) is 13.5 Å². The monoisotopic (exact) mass is 263 g/mol. The summed E-state index contributed by atoms with van der Waals surface area (Å²) in [6.07, 6.45) is 3.56. The Kier molecular flexibility index (Phi) is 4.43. The Balaban J connectivity index is 2.06. The maximum atomic E-state index is 11.9. The van der Waals surface area contributed by atoms with E-state index in [-0.39, 0.29) is 11.4 Å². The lowest BCUT2D eigenvalue weighted by atomic mass is 9.71. The van der Waals surface area contributed by atoms with E-state index < -0.39 is 0 Å². The summed E-state index contributed by atoms with van der Waals surface area (Å²) in [4.78, 5) is 11.9. The van der Waals surface area contributed by atoms with E-state index in [1.165, 1.54) is 0 Å². The molecule has 1 aliphatic carbocycles. The number of carbonyl (C=O) groups is 1. The summed E-state index contributed by atoms with van der Waals surface area (Å²) in [7, 11) is 3.26. The molecule has 19 heavy (non-hydrogen) atoms. The van der Waals surface area contributed by atoms with E-state index in [1.54, 1.807) is 14.2 Å². The van der Waals surface area contributed by atoms with Crippen molar-refractivity contribution >= 4 is 5.91 Å². The summed E-state index contributed by atoms with van der Waals surface area (Å²) >= 11 is 0. The molecule has 4 nitrogen and oxygen atoms in total. The van der Waals surface area contributed by atoms with Gasteiger partial charge >= 0.3 is 0 Å². The van der Waals surface area contributed by atoms with Gasteiger partial charge in [-0.25, -0.2) is 0 Å². The Morgan fingerprint density at radius 3 is 2.42 bits per heavy atom. The van der Waals surface area contributed by atoms with Gasteiger partial charge in [0.25, 0.3) is 0 Å². The molecule has 1 amide bonds. The molecule has 0 bridgehead atoms. The molecule has 2 rings (SSSR count). The molecule has 0 radical (unpaired) electrons. The molecule has 0 heterocycles. The van der Waals surface area contributed by atoms with Crippen molar-refractivity contribution < 1.29 is 14.3 Å². The van der Waals surface area contributed by atoms with Crippen molar-refractivity contribution in [1.82, 2.24) is 5.32 Å². The van der Waals surface area contributed by atoms with E-state index in [9.17, 15) is 4.79 Å². The van der Waals surface area contributed by atoms with E-state index in [2.05, 4.69) is 5.32 Å². The van der Waals surface area contributed by atoms with E-state index in [0.717, 1.165) is 30.6 Å². The first-order valence-electron chi connectivity index (χ1n) is 6.65. The molecule has 1 N–H and O–H groups in total. The number of amides is 1. The fourth-order valence-electron chi connectivity index (χ4n) is 2.45. The highest BCUT2D eigenvalue weighted by molar-refractivity contribution is 5.77. The fraction of sp³-hybridized carbons (Fsp3) is 0.533. The van der Waals surface area contributed by atoms with Gasteiger partial charge in [0.1, 0.15) is 5.75 Å². The molecule has 0 aromatic heterocycles. The molecule has 104 valence electrons. The molecular formula is C15H21NO3. The quantitative estimate of drug-likeness (QED) is 0.856. The Morgan fingerprint density at radius 2 is 1.95 bits per heavy atom. The van der Waals surface area contributed by atoms with Crippen molar-refractivity contribution in [3.63, 3.8) is 0 Å². The van der Waals surface area contributed by atoms with Crippen molar-refractivity contribution in [3.8, 4) is 5.75 Å². The smallest absolute Gasteiger partial charge is 0.223 e. The van der Waals surface area contributed by atoms with Gasteiger partial charge in [-0.05, 0) is 37.0 Å². The summed E-state index contributed by atoms with van der Waals surface area (Å²) in [6, 6.07) is 7.95. The minimum atomic E-state index is -0.183. The predicted octanol–water partition coefficient (Wildman–Crippen LogP) is 2.23. The van der Waals surface area contributed by atoms with Gasteiger partial charge in [0.15, 0.2) is 0 Å². The highest BCUT2D eigenvalue weighted by Gasteiger charge is 2.39. The van der Waals surface area contributed by atoms with Gasteiger partial charge in [-0.15, -0.1) is 0 Å². The maximum Gasteiger partial charge on any atom is 0.223 e. The van der Waals surface area contributed by atoms with Crippen LogP contribution in [0.4, 0.5) is 0 Å². The van der Waals surface area contributed by atoms with Crippen LogP contribution in [0, 0.1) is 0 Å². The summed E-state index contributed by atoms with van der Waals surface area (Å²) in [5, 5.41) is 3.16. The zero-order valence-electron chi connectivity index (χ0n) is 11.6. The van der Waals surface area contributed by atoms with Crippen molar-refractivity contribution in [2.75, 3.05) is 20.8 Å². The van der Waals surface area contributed by atoms with Crippen LogP contribution in [0.25, 0.3) is 0 Å². The molecule has 1 saturated carbocycles. The topological polar surface area (TPSA) is 47.6 Å². The first kappa shape index (κ1) is 13.9. The normalized spacial score (nSPS) is 16.5. The number of benzene rings is 1. The van der Waals surface area contributed by atoms with Crippen LogP contribution in [0.5, 0.6) is 5.75 Å². The fourth-order valence-corrected chi connectivity index (χ4v) is 2.45. The molecule has 4 heteroatoms. The van der Waals surface area contributed by atoms with Gasteiger partial charge < -0.3 is 14.8 Å². The highest BCUT2D eigenvalue weighted by atomic mass is 16.5. The molecule has 1 fully saturated rings. The second kappa shape index (κ2) is 6.06. The van der Waals surface area contributed by atoms with Crippen LogP contribution in [0.3, 0.4) is 0 Å². The first-order chi connectivity index (χ1) is 9.20. The largest absolute Gasteiger partial charge is 0.497 e. The van der Waals surface area contributed by atoms with E-state index in [4.69, 9.17) is 9.47 Å². The van der Waals surface area contributed by atoms with Crippen LogP contribution in [0.15, 0.2) is 24.3 Å². The highest BCUT2D eigenvalue weighted by Crippen LogP contribution is 2.41. The number of methoxy groups -OCH3 is 2. The zero-order valence-corrected chi connectivity index (χ0v) is 11.6. The second-order valence-electron chi connectivity index (χ2n) is 4.96. The Hall–Kier alpha value is -1.55. The Morgan fingerprint density at radius 1 is 1.26 bits per heavy atom. The summed E-state index contributed by atoms with van der Waals surface area (Å²) in [6.45, 7) is 0.463. The van der Waals surface area contributed by atoms with Gasteiger partial charge in [0.05, 0.1) is 19.3 Å². The van der Waals surface area contributed by atoms with Gasteiger partial charge in [-0.1, -0.05) is 12.1 Å². The molecule has 0 spiro atoms. The lowest BCUT2D eigenvalue weighted by Crippen LogP contribution is -2.50. The van der Waals surface area contributed by atoms with Crippen LogP contribution in [0.1, 0.15) is 31.2 Å². The number of hydrogen-bond donors (Lipinski definition) is 1. The minimum Gasteiger partial charge on any atom is -0.497 e. The number of nitrogens with one attached hydrogen (secondary N) is 1. The first-order valence-corrected chi connectivity index (χ1v) is 6.65. The average molecular weight is 263 g/mol. The van der Waals surface area contributed by atoms with Crippen LogP contribution in [0.2, 0.25) is 0 Å². The zero-order chi connectivity index (χ0) is 13.7. The average Bonchev–Trinajstić information content (AvgIpc) is 2.41. The molecule has 0 aliphatic heterocycles. The van der Waals surface area contributed by atoms with Crippen molar-refractivity contribution in [1.29, 1.82) is 0 Å². The molecule has 1 aliphatic rings. The third kappa shape index (κ3) is 3.07. The van der Waals surface area contributed by atoms with Gasteiger partial charge in [-0.3, -0.25) is 4.79 Å². The third-order valence-corrected chi connectivity index (χ3v) is 3.76. The number of hydrogen-bond acceptors (Lipinski definition) is 3. The Bertz CT molecular complexity index is 424. The van der Waals surface area contributed by atoms with Gasteiger partial charge in [0.2, 0.25) is 5.91 Å². The van der Waals surface area contributed by atoms with E-state index in [1.807, 2.05) is 24.3 Å². The molecule has 1 aromatic carbocycles. The molecule has 1 aromatic rings. The molecule has 0 saturated heterocycles. The third-order valence-electron chi connectivity index (χ3n) is 3.76. The second-order valence-corrected chi connectivity index (χ2v) is 4.96. The SMILES string of the molecule is COCCC(=O)NC1(c2ccc(OC)cc2)CCC1.